The highest BCUT2D eigenvalue weighted by Gasteiger charge is 2.13. The SMILES string of the molecule is Cc1ccc(C(=O)NC(C)c2csc(C)n2)cc1. The molecule has 1 aromatic carbocycles. The van der Waals surface area contributed by atoms with Crippen molar-refractivity contribution in [2.75, 3.05) is 0 Å². The maximum Gasteiger partial charge on any atom is 0.251 e. The third-order valence-corrected chi connectivity index (χ3v) is 3.53. The number of hydrogen-bond acceptors (Lipinski definition) is 3. The number of thiazole rings is 1. The summed E-state index contributed by atoms with van der Waals surface area (Å²) in [5.74, 6) is -0.0619. The van der Waals surface area contributed by atoms with Crippen molar-refractivity contribution in [3.8, 4) is 0 Å². The number of carbonyl (C=O) groups is 1. The van der Waals surface area contributed by atoms with Gasteiger partial charge in [0.2, 0.25) is 0 Å². The molecule has 2 rings (SSSR count). The monoisotopic (exact) mass is 260 g/mol. The molecule has 3 nitrogen and oxygen atoms in total. The van der Waals surface area contributed by atoms with Crippen LogP contribution in [0.5, 0.6) is 0 Å². The van der Waals surface area contributed by atoms with E-state index in [0.29, 0.717) is 5.56 Å². The first-order valence-electron chi connectivity index (χ1n) is 5.86. The molecule has 0 bridgehead atoms. The first kappa shape index (κ1) is 12.8. The molecule has 4 heteroatoms. The van der Waals surface area contributed by atoms with Crippen LogP contribution in [0.15, 0.2) is 29.6 Å². The van der Waals surface area contributed by atoms with Crippen LogP contribution in [0.25, 0.3) is 0 Å². The Labute approximate surface area is 111 Å². The third kappa shape index (κ3) is 2.96. The summed E-state index contributed by atoms with van der Waals surface area (Å²) in [6.45, 7) is 5.91. The Kier molecular flexibility index (Phi) is 3.77. The minimum Gasteiger partial charge on any atom is -0.344 e. The minimum absolute atomic E-state index is 0.0619. The molecule has 1 heterocycles. The standard InChI is InChI=1S/C14H16N2OS/c1-9-4-6-12(7-5-9)14(17)15-10(2)13-8-18-11(3)16-13/h4-8,10H,1-3H3,(H,15,17). The Morgan fingerprint density at radius 1 is 1.28 bits per heavy atom. The van der Waals surface area contributed by atoms with Crippen LogP contribution in [-0.2, 0) is 0 Å². The molecule has 1 N–H and O–H groups in total. The Balaban J connectivity index is 2.05. The van der Waals surface area contributed by atoms with E-state index in [1.54, 1.807) is 11.3 Å². The van der Waals surface area contributed by atoms with Crippen LogP contribution in [-0.4, -0.2) is 10.9 Å². The molecular weight excluding hydrogens is 244 g/mol. The van der Waals surface area contributed by atoms with Gasteiger partial charge in [-0.1, -0.05) is 17.7 Å². The average Bonchev–Trinajstić information content (AvgIpc) is 2.76. The van der Waals surface area contributed by atoms with Gasteiger partial charge in [0.15, 0.2) is 0 Å². The zero-order valence-corrected chi connectivity index (χ0v) is 11.5. The van der Waals surface area contributed by atoms with Crippen molar-refractivity contribution < 1.29 is 4.79 Å². The maximum atomic E-state index is 12.0. The lowest BCUT2D eigenvalue weighted by atomic mass is 10.1. The van der Waals surface area contributed by atoms with E-state index in [2.05, 4.69) is 10.3 Å². The fourth-order valence-corrected chi connectivity index (χ4v) is 2.34. The molecular formula is C14H16N2OS. The molecule has 0 spiro atoms. The fraction of sp³-hybridized carbons (Fsp3) is 0.286. The largest absolute Gasteiger partial charge is 0.344 e. The second kappa shape index (κ2) is 5.31. The predicted molar refractivity (Wildman–Crippen MR) is 73.9 cm³/mol. The van der Waals surface area contributed by atoms with Crippen LogP contribution < -0.4 is 5.32 Å². The van der Waals surface area contributed by atoms with E-state index in [9.17, 15) is 4.79 Å². The molecule has 18 heavy (non-hydrogen) atoms. The summed E-state index contributed by atoms with van der Waals surface area (Å²) in [5, 5.41) is 5.95. The summed E-state index contributed by atoms with van der Waals surface area (Å²) in [6, 6.07) is 7.48. The van der Waals surface area contributed by atoms with Crippen molar-refractivity contribution in [3.05, 3.63) is 51.5 Å². The van der Waals surface area contributed by atoms with Crippen LogP contribution in [0.4, 0.5) is 0 Å². The highest BCUT2D eigenvalue weighted by molar-refractivity contribution is 7.09. The lowest BCUT2D eigenvalue weighted by Crippen LogP contribution is -2.26. The fourth-order valence-electron chi connectivity index (χ4n) is 1.64. The first-order chi connectivity index (χ1) is 8.56. The van der Waals surface area contributed by atoms with Crippen molar-refractivity contribution in [1.29, 1.82) is 0 Å². The molecule has 2 aromatic rings. The normalized spacial score (nSPS) is 12.2. The van der Waals surface area contributed by atoms with Crippen molar-refractivity contribution in [1.82, 2.24) is 10.3 Å². The lowest BCUT2D eigenvalue weighted by molar-refractivity contribution is 0.0939. The molecule has 0 aliphatic carbocycles. The summed E-state index contributed by atoms with van der Waals surface area (Å²) in [5.41, 5.74) is 2.74. The van der Waals surface area contributed by atoms with E-state index < -0.39 is 0 Å². The van der Waals surface area contributed by atoms with Gasteiger partial charge < -0.3 is 5.32 Å². The van der Waals surface area contributed by atoms with Gasteiger partial charge in [-0.3, -0.25) is 4.79 Å². The van der Waals surface area contributed by atoms with Gasteiger partial charge in [-0.15, -0.1) is 11.3 Å². The number of benzene rings is 1. The highest BCUT2D eigenvalue weighted by Crippen LogP contribution is 2.16. The molecule has 0 radical (unpaired) electrons. The number of nitrogens with zero attached hydrogens (tertiary/aromatic N) is 1. The maximum absolute atomic E-state index is 12.0. The van der Waals surface area contributed by atoms with E-state index in [-0.39, 0.29) is 11.9 Å². The summed E-state index contributed by atoms with van der Waals surface area (Å²) in [7, 11) is 0. The van der Waals surface area contributed by atoms with Crippen molar-refractivity contribution in [2.45, 2.75) is 26.8 Å². The third-order valence-electron chi connectivity index (χ3n) is 2.74. The molecule has 0 aliphatic rings. The number of amides is 1. The van der Waals surface area contributed by atoms with Crippen LogP contribution in [0, 0.1) is 13.8 Å². The molecule has 1 aromatic heterocycles. The second-order valence-corrected chi connectivity index (χ2v) is 5.41. The molecule has 1 atom stereocenters. The number of nitrogens with one attached hydrogen (secondary N) is 1. The molecule has 94 valence electrons. The molecule has 0 saturated carbocycles. The van der Waals surface area contributed by atoms with Crippen LogP contribution >= 0.6 is 11.3 Å². The number of carbonyl (C=O) groups excluding carboxylic acids is 1. The topological polar surface area (TPSA) is 42.0 Å². The van der Waals surface area contributed by atoms with Crippen molar-refractivity contribution in [3.63, 3.8) is 0 Å². The Bertz CT molecular complexity index is 545. The predicted octanol–water partition coefficient (Wildman–Crippen LogP) is 3.25. The van der Waals surface area contributed by atoms with Gasteiger partial charge in [-0.2, -0.15) is 0 Å². The quantitative estimate of drug-likeness (QED) is 0.920. The number of rotatable bonds is 3. The second-order valence-electron chi connectivity index (χ2n) is 4.35. The van der Waals surface area contributed by atoms with E-state index in [1.807, 2.05) is 50.4 Å². The number of aryl methyl sites for hydroxylation is 2. The van der Waals surface area contributed by atoms with E-state index >= 15 is 0 Å². The number of hydrogen-bond donors (Lipinski definition) is 1. The van der Waals surface area contributed by atoms with Crippen LogP contribution in [0.2, 0.25) is 0 Å². The average molecular weight is 260 g/mol. The zero-order chi connectivity index (χ0) is 13.1. The zero-order valence-electron chi connectivity index (χ0n) is 10.7. The summed E-state index contributed by atoms with van der Waals surface area (Å²) >= 11 is 1.60. The molecule has 0 saturated heterocycles. The molecule has 0 fully saturated rings. The van der Waals surface area contributed by atoms with E-state index in [0.717, 1.165) is 16.3 Å². The smallest absolute Gasteiger partial charge is 0.251 e. The van der Waals surface area contributed by atoms with Gasteiger partial charge in [0.05, 0.1) is 16.7 Å². The van der Waals surface area contributed by atoms with Crippen LogP contribution in [0.1, 0.15) is 39.6 Å². The van der Waals surface area contributed by atoms with Crippen molar-refractivity contribution >= 4 is 17.2 Å². The first-order valence-corrected chi connectivity index (χ1v) is 6.74. The highest BCUT2D eigenvalue weighted by atomic mass is 32.1. The van der Waals surface area contributed by atoms with E-state index in [4.69, 9.17) is 0 Å². The lowest BCUT2D eigenvalue weighted by Gasteiger charge is -2.11. The Morgan fingerprint density at radius 2 is 1.94 bits per heavy atom. The summed E-state index contributed by atoms with van der Waals surface area (Å²) in [6.07, 6.45) is 0. The van der Waals surface area contributed by atoms with Gasteiger partial charge in [0, 0.05) is 10.9 Å². The molecule has 1 unspecified atom stereocenters. The molecule has 0 aliphatic heterocycles. The van der Waals surface area contributed by atoms with Crippen LogP contribution in [0.3, 0.4) is 0 Å². The van der Waals surface area contributed by atoms with Gasteiger partial charge in [-0.25, -0.2) is 4.98 Å². The molecule has 1 amide bonds. The summed E-state index contributed by atoms with van der Waals surface area (Å²) < 4.78 is 0. The Morgan fingerprint density at radius 3 is 2.50 bits per heavy atom. The van der Waals surface area contributed by atoms with Gasteiger partial charge in [0.25, 0.3) is 5.91 Å². The minimum atomic E-state index is -0.0660. The van der Waals surface area contributed by atoms with Gasteiger partial charge >= 0.3 is 0 Å². The number of aromatic nitrogens is 1. The summed E-state index contributed by atoms with van der Waals surface area (Å²) in [4.78, 5) is 16.4. The Hall–Kier alpha value is -1.68. The van der Waals surface area contributed by atoms with Crippen molar-refractivity contribution in [2.24, 2.45) is 0 Å². The van der Waals surface area contributed by atoms with Gasteiger partial charge in [-0.05, 0) is 32.9 Å². The van der Waals surface area contributed by atoms with E-state index in [1.165, 1.54) is 0 Å². The van der Waals surface area contributed by atoms with Gasteiger partial charge in [0.1, 0.15) is 0 Å².